The van der Waals surface area contributed by atoms with Gasteiger partial charge in [-0.2, -0.15) is 4.39 Å². The first-order valence-corrected chi connectivity index (χ1v) is 3.28. The van der Waals surface area contributed by atoms with Gasteiger partial charge in [0.2, 0.25) is 0 Å². The van der Waals surface area contributed by atoms with Crippen LogP contribution in [-0.2, 0) is 0 Å². The molecule has 1 aromatic heterocycles. The third-order valence-electron chi connectivity index (χ3n) is 1.10. The molecule has 0 aliphatic carbocycles. The van der Waals surface area contributed by atoms with Crippen molar-refractivity contribution in [3.8, 4) is 5.75 Å². The Kier molecular flexibility index (Phi) is 5.32. The Morgan fingerprint density at radius 1 is 1.58 bits per heavy atom. The van der Waals surface area contributed by atoms with Crippen molar-refractivity contribution in [1.82, 2.24) is 4.98 Å². The third kappa shape index (κ3) is 3.02. The fourth-order valence-corrected chi connectivity index (χ4v) is 0.648. The average Bonchev–Trinajstić information content (AvgIpc) is 2.03. The molecule has 1 rings (SSSR count). The topological polar surface area (TPSA) is 48.1 Å². The summed E-state index contributed by atoms with van der Waals surface area (Å²) in [5.74, 6) is -0.445. The van der Waals surface area contributed by atoms with E-state index < -0.39 is 5.95 Å². The lowest BCUT2D eigenvalue weighted by Gasteiger charge is -2.02. The molecule has 0 radical (unpaired) electrons. The molecular formula is C7H10ClFN2O. The average molecular weight is 193 g/mol. The van der Waals surface area contributed by atoms with Gasteiger partial charge in [-0.05, 0) is 12.1 Å². The highest BCUT2D eigenvalue weighted by molar-refractivity contribution is 5.85. The molecule has 0 aliphatic rings. The largest absolute Gasteiger partial charge is 0.487 e. The summed E-state index contributed by atoms with van der Waals surface area (Å²) < 4.78 is 17.6. The number of halogens is 2. The molecule has 0 saturated carbocycles. The Hall–Kier alpha value is -0.870. The van der Waals surface area contributed by atoms with Gasteiger partial charge in [-0.1, -0.05) is 0 Å². The zero-order valence-electron chi connectivity index (χ0n) is 6.37. The van der Waals surface area contributed by atoms with Crippen LogP contribution in [0.15, 0.2) is 18.3 Å². The second-order valence-corrected chi connectivity index (χ2v) is 1.93. The van der Waals surface area contributed by atoms with Crippen LogP contribution < -0.4 is 10.5 Å². The SMILES string of the molecule is Cl.NCCOc1cccnc1F. The van der Waals surface area contributed by atoms with Crippen LogP contribution in [0.4, 0.5) is 4.39 Å². The van der Waals surface area contributed by atoms with E-state index in [4.69, 9.17) is 10.5 Å². The molecule has 0 unspecified atom stereocenters. The van der Waals surface area contributed by atoms with Crippen LogP contribution in [0.3, 0.4) is 0 Å². The number of nitrogens with two attached hydrogens (primary N) is 1. The van der Waals surface area contributed by atoms with Gasteiger partial charge in [0, 0.05) is 12.7 Å². The first-order valence-electron chi connectivity index (χ1n) is 3.28. The second-order valence-electron chi connectivity index (χ2n) is 1.93. The minimum absolute atomic E-state index is 0. The van der Waals surface area contributed by atoms with Crippen molar-refractivity contribution in [2.45, 2.75) is 0 Å². The van der Waals surface area contributed by atoms with Crippen molar-refractivity contribution < 1.29 is 9.13 Å². The minimum Gasteiger partial charge on any atom is -0.487 e. The van der Waals surface area contributed by atoms with Crippen LogP contribution in [0.2, 0.25) is 0 Å². The normalized spacial score (nSPS) is 8.83. The molecule has 0 atom stereocenters. The molecule has 0 amide bonds. The molecular weight excluding hydrogens is 183 g/mol. The zero-order valence-corrected chi connectivity index (χ0v) is 7.18. The number of pyridine rings is 1. The van der Waals surface area contributed by atoms with E-state index in [2.05, 4.69) is 4.98 Å². The molecule has 0 aliphatic heterocycles. The number of nitrogens with zero attached hydrogens (tertiary/aromatic N) is 1. The summed E-state index contributed by atoms with van der Waals surface area (Å²) in [5.41, 5.74) is 5.16. The smallest absolute Gasteiger partial charge is 0.255 e. The molecule has 0 fully saturated rings. The van der Waals surface area contributed by atoms with Crippen molar-refractivity contribution in [2.75, 3.05) is 13.2 Å². The Morgan fingerprint density at radius 2 is 2.33 bits per heavy atom. The van der Waals surface area contributed by atoms with E-state index in [-0.39, 0.29) is 18.2 Å². The molecule has 1 aromatic rings. The van der Waals surface area contributed by atoms with Crippen LogP contribution in [0.25, 0.3) is 0 Å². The highest BCUT2D eigenvalue weighted by Gasteiger charge is 2.00. The molecule has 2 N–H and O–H groups in total. The van der Waals surface area contributed by atoms with Crippen LogP contribution in [0.5, 0.6) is 5.75 Å². The summed E-state index contributed by atoms with van der Waals surface area (Å²) in [4.78, 5) is 3.40. The predicted octanol–water partition coefficient (Wildman–Crippen LogP) is 0.980. The number of rotatable bonds is 3. The second kappa shape index (κ2) is 5.74. The van der Waals surface area contributed by atoms with Crippen molar-refractivity contribution in [3.63, 3.8) is 0 Å². The standard InChI is InChI=1S/C7H9FN2O.ClH/c8-7-6(11-5-3-9)2-1-4-10-7;/h1-2,4H,3,5,9H2;1H. The summed E-state index contributed by atoms with van der Waals surface area (Å²) in [6.45, 7) is 0.678. The van der Waals surface area contributed by atoms with Crippen molar-refractivity contribution in [2.24, 2.45) is 5.73 Å². The molecule has 0 spiro atoms. The maximum atomic E-state index is 12.6. The first kappa shape index (κ1) is 11.1. The van der Waals surface area contributed by atoms with E-state index in [1.165, 1.54) is 12.3 Å². The fourth-order valence-electron chi connectivity index (χ4n) is 0.648. The maximum absolute atomic E-state index is 12.6. The summed E-state index contributed by atoms with van der Waals surface area (Å²) in [5, 5.41) is 0. The predicted molar refractivity (Wildman–Crippen MR) is 46.0 cm³/mol. The lowest BCUT2D eigenvalue weighted by atomic mass is 10.4. The van der Waals surface area contributed by atoms with Crippen molar-refractivity contribution >= 4 is 12.4 Å². The molecule has 3 nitrogen and oxygen atoms in total. The van der Waals surface area contributed by atoms with Crippen LogP contribution in [-0.4, -0.2) is 18.1 Å². The molecule has 12 heavy (non-hydrogen) atoms. The van der Waals surface area contributed by atoms with Gasteiger partial charge in [0.05, 0.1) is 0 Å². The van der Waals surface area contributed by atoms with E-state index in [1.54, 1.807) is 6.07 Å². The lowest BCUT2D eigenvalue weighted by molar-refractivity contribution is 0.306. The summed E-state index contributed by atoms with van der Waals surface area (Å²) in [7, 11) is 0. The molecule has 5 heteroatoms. The Bertz CT molecular complexity index is 234. The number of aromatic nitrogens is 1. The molecule has 0 aromatic carbocycles. The minimum atomic E-state index is -0.596. The molecule has 0 bridgehead atoms. The van der Waals surface area contributed by atoms with Gasteiger partial charge in [0.25, 0.3) is 5.95 Å². The summed E-state index contributed by atoms with van der Waals surface area (Å²) in [6, 6.07) is 3.12. The highest BCUT2D eigenvalue weighted by Crippen LogP contribution is 2.11. The van der Waals surface area contributed by atoms with Crippen molar-refractivity contribution in [3.05, 3.63) is 24.3 Å². The van der Waals surface area contributed by atoms with E-state index in [0.717, 1.165) is 0 Å². The van der Waals surface area contributed by atoms with Gasteiger partial charge in [-0.15, -0.1) is 12.4 Å². The lowest BCUT2D eigenvalue weighted by Crippen LogP contribution is -2.11. The van der Waals surface area contributed by atoms with Crippen molar-refractivity contribution in [1.29, 1.82) is 0 Å². The molecule has 68 valence electrons. The number of ether oxygens (including phenoxy) is 1. The quantitative estimate of drug-likeness (QED) is 0.727. The number of hydrogen-bond acceptors (Lipinski definition) is 3. The van der Waals surface area contributed by atoms with Crippen LogP contribution in [0, 0.1) is 5.95 Å². The monoisotopic (exact) mass is 192 g/mol. The Balaban J connectivity index is 0.00000121. The Morgan fingerprint density at radius 3 is 2.92 bits per heavy atom. The van der Waals surface area contributed by atoms with Gasteiger partial charge >= 0.3 is 0 Å². The van der Waals surface area contributed by atoms with Gasteiger partial charge in [-0.3, -0.25) is 0 Å². The maximum Gasteiger partial charge on any atom is 0.255 e. The number of hydrogen-bond donors (Lipinski definition) is 1. The van der Waals surface area contributed by atoms with Crippen LogP contribution in [0.1, 0.15) is 0 Å². The van der Waals surface area contributed by atoms with E-state index in [0.29, 0.717) is 13.2 Å². The van der Waals surface area contributed by atoms with Gasteiger partial charge in [0.15, 0.2) is 5.75 Å². The molecule has 0 saturated heterocycles. The summed E-state index contributed by atoms with van der Waals surface area (Å²) >= 11 is 0. The Labute approximate surface area is 76.2 Å². The zero-order chi connectivity index (χ0) is 8.10. The van der Waals surface area contributed by atoms with Gasteiger partial charge in [-0.25, -0.2) is 4.98 Å². The summed E-state index contributed by atoms with van der Waals surface area (Å²) in [6.07, 6.45) is 1.37. The third-order valence-corrected chi connectivity index (χ3v) is 1.10. The molecule has 1 heterocycles. The van der Waals surface area contributed by atoms with E-state index in [9.17, 15) is 4.39 Å². The van der Waals surface area contributed by atoms with E-state index >= 15 is 0 Å². The highest BCUT2D eigenvalue weighted by atomic mass is 35.5. The van der Waals surface area contributed by atoms with Gasteiger partial charge in [0.1, 0.15) is 6.61 Å². The first-order chi connectivity index (χ1) is 5.34. The van der Waals surface area contributed by atoms with Gasteiger partial charge < -0.3 is 10.5 Å². The fraction of sp³-hybridized carbons (Fsp3) is 0.286. The van der Waals surface area contributed by atoms with E-state index in [1.807, 2.05) is 0 Å². The van der Waals surface area contributed by atoms with Crippen LogP contribution >= 0.6 is 12.4 Å².